The summed E-state index contributed by atoms with van der Waals surface area (Å²) in [6, 6.07) is 9.44. The number of carbonyl (C=O) groups is 1. The third-order valence-corrected chi connectivity index (χ3v) is 4.47. The molecule has 0 bridgehead atoms. The maximum Gasteiger partial charge on any atom is 0.323 e. The predicted molar refractivity (Wildman–Crippen MR) is 68.9 cm³/mol. The number of nitrogens with one attached hydrogen (secondary N) is 1. The first-order valence-electron chi connectivity index (χ1n) is 5.61. The molecule has 0 aliphatic rings. The molecular formula is C12H17NO4S. The van der Waals surface area contributed by atoms with Crippen LogP contribution in [-0.2, 0) is 14.8 Å². The fourth-order valence-electron chi connectivity index (χ4n) is 1.40. The molecule has 100 valence electrons. The molecule has 18 heavy (non-hydrogen) atoms. The molecular weight excluding hydrogens is 254 g/mol. The lowest BCUT2D eigenvalue weighted by molar-refractivity contribution is -0.136. The Kier molecular flexibility index (Phi) is 4.86. The van der Waals surface area contributed by atoms with E-state index in [0.29, 0.717) is 0 Å². The Morgan fingerprint density at radius 3 is 2.33 bits per heavy atom. The van der Waals surface area contributed by atoms with E-state index in [0.717, 1.165) is 12.5 Å². The average Bonchev–Trinajstić information content (AvgIpc) is 2.36. The smallest absolute Gasteiger partial charge is 0.323 e. The second-order valence-corrected chi connectivity index (χ2v) is 6.27. The number of hydrogen-bond acceptors (Lipinski definition) is 3. The summed E-state index contributed by atoms with van der Waals surface area (Å²) in [5.41, 5.74) is 1.00. The summed E-state index contributed by atoms with van der Waals surface area (Å²) in [5, 5.41) is 7.24. The van der Waals surface area contributed by atoms with Gasteiger partial charge >= 0.3 is 5.97 Å². The highest BCUT2D eigenvalue weighted by molar-refractivity contribution is 7.90. The number of sulfonamides is 1. The molecule has 2 N–H and O–H groups in total. The fraction of sp³-hybridized carbons (Fsp3) is 0.417. The van der Waals surface area contributed by atoms with Gasteiger partial charge in [-0.3, -0.25) is 4.79 Å². The zero-order valence-corrected chi connectivity index (χ0v) is 11.1. The maximum absolute atomic E-state index is 11.6. The summed E-state index contributed by atoms with van der Waals surface area (Å²) in [6.07, 6.45) is 0. The van der Waals surface area contributed by atoms with Crippen molar-refractivity contribution < 1.29 is 18.3 Å². The second-order valence-electron chi connectivity index (χ2n) is 4.19. The topological polar surface area (TPSA) is 83.5 Å². The number of benzene rings is 1. The van der Waals surface area contributed by atoms with Crippen LogP contribution in [0.3, 0.4) is 0 Å². The van der Waals surface area contributed by atoms with Gasteiger partial charge in [0.25, 0.3) is 0 Å². The predicted octanol–water partition coefficient (Wildman–Crippen LogP) is 1.18. The van der Waals surface area contributed by atoms with Crippen LogP contribution < -0.4 is 4.72 Å². The molecule has 5 nitrogen and oxygen atoms in total. The molecule has 2 unspecified atom stereocenters. The van der Waals surface area contributed by atoms with Crippen LogP contribution in [0.1, 0.15) is 25.3 Å². The van der Waals surface area contributed by atoms with E-state index in [1.807, 2.05) is 37.3 Å². The van der Waals surface area contributed by atoms with E-state index >= 15 is 0 Å². The van der Waals surface area contributed by atoms with E-state index in [1.54, 1.807) is 0 Å². The Balaban J connectivity index is 2.63. The van der Waals surface area contributed by atoms with E-state index in [1.165, 1.54) is 0 Å². The summed E-state index contributed by atoms with van der Waals surface area (Å²) < 4.78 is 25.6. The largest absolute Gasteiger partial charge is 0.480 e. The molecule has 6 heteroatoms. The van der Waals surface area contributed by atoms with Crippen molar-refractivity contribution in [1.29, 1.82) is 0 Å². The quantitative estimate of drug-likeness (QED) is 0.814. The lowest BCUT2D eigenvalue weighted by Gasteiger charge is -2.15. The average molecular weight is 271 g/mol. The molecule has 0 amide bonds. The number of rotatable bonds is 6. The van der Waals surface area contributed by atoms with Crippen molar-refractivity contribution in [2.75, 3.05) is 6.54 Å². The van der Waals surface area contributed by atoms with Crippen LogP contribution in [0.25, 0.3) is 0 Å². The third kappa shape index (κ3) is 3.82. The van der Waals surface area contributed by atoms with Gasteiger partial charge < -0.3 is 5.11 Å². The summed E-state index contributed by atoms with van der Waals surface area (Å²) >= 11 is 0. The Labute approximate surface area is 107 Å². The molecule has 1 rings (SSSR count). The fourth-order valence-corrected chi connectivity index (χ4v) is 2.40. The van der Waals surface area contributed by atoms with E-state index in [4.69, 9.17) is 5.11 Å². The van der Waals surface area contributed by atoms with Crippen molar-refractivity contribution in [3.8, 4) is 0 Å². The van der Waals surface area contributed by atoms with Gasteiger partial charge in [-0.2, -0.15) is 0 Å². The van der Waals surface area contributed by atoms with Crippen LogP contribution in [0.4, 0.5) is 0 Å². The van der Waals surface area contributed by atoms with E-state index < -0.39 is 21.2 Å². The summed E-state index contributed by atoms with van der Waals surface area (Å²) in [5.74, 6) is -1.36. The third-order valence-electron chi connectivity index (χ3n) is 2.77. The molecule has 0 aliphatic heterocycles. The van der Waals surface area contributed by atoms with Crippen LogP contribution in [0.2, 0.25) is 0 Å². The van der Waals surface area contributed by atoms with Crippen molar-refractivity contribution in [2.24, 2.45) is 0 Å². The minimum Gasteiger partial charge on any atom is -0.480 e. The first-order chi connectivity index (χ1) is 8.34. The molecule has 0 heterocycles. The summed E-state index contributed by atoms with van der Waals surface area (Å²) in [7, 11) is -3.81. The first kappa shape index (κ1) is 14.7. The standard InChI is InChI=1S/C12H17NO4S/c1-9(11-6-4-3-5-7-11)8-13-18(16,17)10(2)12(14)15/h3-7,9-10,13H,8H2,1-2H3,(H,14,15). The van der Waals surface area contributed by atoms with Crippen LogP contribution in [0.15, 0.2) is 30.3 Å². The number of carboxylic acids is 1. The van der Waals surface area contributed by atoms with E-state index in [9.17, 15) is 13.2 Å². The normalized spacial score (nSPS) is 15.0. The zero-order valence-electron chi connectivity index (χ0n) is 10.3. The van der Waals surface area contributed by atoms with Gasteiger partial charge in [-0.1, -0.05) is 37.3 Å². The Morgan fingerprint density at radius 1 is 1.28 bits per heavy atom. The van der Waals surface area contributed by atoms with Gasteiger partial charge in [0.2, 0.25) is 10.0 Å². The van der Waals surface area contributed by atoms with Gasteiger partial charge in [-0.25, -0.2) is 13.1 Å². The molecule has 1 aromatic rings. The molecule has 0 saturated carbocycles. The lowest BCUT2D eigenvalue weighted by atomic mass is 10.0. The van der Waals surface area contributed by atoms with Crippen LogP contribution in [0, 0.1) is 0 Å². The van der Waals surface area contributed by atoms with Gasteiger partial charge in [0.15, 0.2) is 5.25 Å². The second kappa shape index (κ2) is 5.97. The Bertz CT molecular complexity index is 498. The van der Waals surface area contributed by atoms with Gasteiger partial charge in [-0.05, 0) is 18.4 Å². The van der Waals surface area contributed by atoms with Crippen LogP contribution >= 0.6 is 0 Å². The molecule has 0 spiro atoms. The molecule has 2 atom stereocenters. The van der Waals surface area contributed by atoms with E-state index in [-0.39, 0.29) is 12.5 Å². The van der Waals surface area contributed by atoms with E-state index in [2.05, 4.69) is 4.72 Å². The number of carboxylic acid groups (broad SMARTS) is 1. The van der Waals surface area contributed by atoms with Gasteiger partial charge in [-0.15, -0.1) is 0 Å². The van der Waals surface area contributed by atoms with Gasteiger partial charge in [0.05, 0.1) is 0 Å². The maximum atomic E-state index is 11.6. The molecule has 0 fully saturated rings. The number of hydrogen-bond donors (Lipinski definition) is 2. The SMILES string of the molecule is CC(CNS(=O)(=O)C(C)C(=O)O)c1ccccc1. The highest BCUT2D eigenvalue weighted by atomic mass is 32.2. The summed E-state index contributed by atoms with van der Waals surface area (Å²) in [4.78, 5) is 10.6. The molecule has 0 saturated heterocycles. The summed E-state index contributed by atoms with van der Waals surface area (Å²) in [6.45, 7) is 3.21. The Hall–Kier alpha value is -1.40. The lowest BCUT2D eigenvalue weighted by Crippen LogP contribution is -2.39. The van der Waals surface area contributed by atoms with Crippen molar-refractivity contribution in [2.45, 2.75) is 25.0 Å². The zero-order chi connectivity index (χ0) is 13.8. The molecule has 0 radical (unpaired) electrons. The molecule has 0 aliphatic carbocycles. The minimum absolute atomic E-state index is 0.0121. The van der Waals surface area contributed by atoms with Crippen LogP contribution in [0.5, 0.6) is 0 Å². The first-order valence-corrected chi connectivity index (χ1v) is 7.15. The van der Waals surface area contributed by atoms with Crippen molar-refractivity contribution >= 4 is 16.0 Å². The van der Waals surface area contributed by atoms with Crippen molar-refractivity contribution in [3.63, 3.8) is 0 Å². The van der Waals surface area contributed by atoms with Gasteiger partial charge in [0, 0.05) is 6.54 Å². The highest BCUT2D eigenvalue weighted by Crippen LogP contribution is 2.13. The monoisotopic (exact) mass is 271 g/mol. The minimum atomic E-state index is -3.81. The highest BCUT2D eigenvalue weighted by Gasteiger charge is 2.27. The van der Waals surface area contributed by atoms with Crippen molar-refractivity contribution in [3.05, 3.63) is 35.9 Å². The molecule has 1 aromatic carbocycles. The van der Waals surface area contributed by atoms with Gasteiger partial charge in [0.1, 0.15) is 0 Å². The number of aliphatic carboxylic acids is 1. The molecule has 0 aromatic heterocycles. The van der Waals surface area contributed by atoms with Crippen molar-refractivity contribution in [1.82, 2.24) is 4.72 Å². The van der Waals surface area contributed by atoms with Crippen LogP contribution in [-0.4, -0.2) is 31.3 Å². The Morgan fingerprint density at radius 2 is 1.83 bits per heavy atom.